The van der Waals surface area contributed by atoms with Crippen molar-refractivity contribution in [1.82, 2.24) is 0 Å². The van der Waals surface area contributed by atoms with Crippen molar-refractivity contribution >= 4 is 22.8 Å². The predicted molar refractivity (Wildman–Crippen MR) is 77.4 cm³/mol. The van der Waals surface area contributed by atoms with E-state index in [0.717, 1.165) is 17.1 Å². The van der Waals surface area contributed by atoms with E-state index in [0.29, 0.717) is 5.69 Å². The molecule has 0 radical (unpaired) electrons. The molecule has 0 unspecified atom stereocenters. The molecule has 2 aromatic carbocycles. The molecular formula is C13H14N6O. The summed E-state index contributed by atoms with van der Waals surface area (Å²) in [4.78, 5) is 3.66. The maximum Gasteiger partial charge on any atom is 0.171 e. The topological polar surface area (TPSA) is 108 Å². The molecular weight excluding hydrogens is 256 g/mol. The smallest absolute Gasteiger partial charge is 0.171 e. The lowest BCUT2D eigenvalue weighted by Crippen LogP contribution is -1.88. The highest BCUT2D eigenvalue weighted by Gasteiger charge is 2.04. The number of phenols is 1. The molecule has 2 aromatic rings. The average Bonchev–Trinajstić information content (AvgIpc) is 2.49. The summed E-state index contributed by atoms with van der Waals surface area (Å²) in [6, 6.07) is 11.1. The first-order valence-corrected chi connectivity index (χ1v) is 5.94. The van der Waals surface area contributed by atoms with E-state index in [1.165, 1.54) is 0 Å². The molecule has 0 bridgehead atoms. The highest BCUT2D eigenvalue weighted by Crippen LogP contribution is 2.34. The molecule has 0 amide bonds. The monoisotopic (exact) mass is 270 g/mol. The minimum absolute atomic E-state index is 0.0758. The number of hydrogen-bond acceptors (Lipinski definition) is 6. The van der Waals surface area contributed by atoms with Gasteiger partial charge in [-0.15, -0.1) is 0 Å². The van der Waals surface area contributed by atoms with E-state index >= 15 is 0 Å². The van der Waals surface area contributed by atoms with Gasteiger partial charge in [0, 0.05) is 5.39 Å². The molecule has 20 heavy (non-hydrogen) atoms. The number of fused-ring (bicyclic) bond motifs is 1. The lowest BCUT2D eigenvalue weighted by molar-refractivity contribution is 0.482. The van der Waals surface area contributed by atoms with Gasteiger partial charge in [0.05, 0.1) is 6.34 Å². The molecule has 0 atom stereocenters. The van der Waals surface area contributed by atoms with Gasteiger partial charge in [-0.2, -0.15) is 20.5 Å². The first kappa shape index (κ1) is 13.6. The summed E-state index contributed by atoms with van der Waals surface area (Å²) in [6.45, 7) is 0.250. The zero-order valence-corrected chi connectivity index (χ0v) is 10.7. The molecule has 0 fully saturated rings. The maximum absolute atomic E-state index is 10.1. The molecule has 3 N–H and O–H groups in total. The summed E-state index contributed by atoms with van der Waals surface area (Å²) >= 11 is 0. The minimum atomic E-state index is 0.0758. The number of aliphatic imine (C=N–C) groups is 1. The van der Waals surface area contributed by atoms with Gasteiger partial charge in [-0.1, -0.05) is 30.3 Å². The highest BCUT2D eigenvalue weighted by atomic mass is 16.3. The standard InChI is InChI=1S/C13H14N6O/c14-7-15-8-16-17-9-18-19-12-6-5-10-3-1-2-4-11(10)13(12)20/h1-7,20H,8-9H2,(H2,14,15)/b17-16?,19-18+. The second-order valence-corrected chi connectivity index (χ2v) is 3.79. The van der Waals surface area contributed by atoms with Crippen molar-refractivity contribution in [2.45, 2.75) is 0 Å². The van der Waals surface area contributed by atoms with Crippen LogP contribution in [0.1, 0.15) is 0 Å². The van der Waals surface area contributed by atoms with Gasteiger partial charge < -0.3 is 10.8 Å². The number of nitrogens with two attached hydrogens (primary N) is 1. The third kappa shape index (κ3) is 3.35. The van der Waals surface area contributed by atoms with Crippen molar-refractivity contribution in [3.8, 4) is 5.75 Å². The van der Waals surface area contributed by atoms with Crippen molar-refractivity contribution in [3.05, 3.63) is 36.4 Å². The van der Waals surface area contributed by atoms with Gasteiger partial charge in [0.1, 0.15) is 5.69 Å². The van der Waals surface area contributed by atoms with Gasteiger partial charge in [-0.25, -0.2) is 0 Å². The van der Waals surface area contributed by atoms with Gasteiger partial charge in [-0.05, 0) is 11.5 Å². The largest absolute Gasteiger partial charge is 0.505 e. The Morgan fingerprint density at radius 3 is 2.65 bits per heavy atom. The van der Waals surface area contributed by atoms with Crippen LogP contribution in [0.5, 0.6) is 5.75 Å². The Balaban J connectivity index is 2.06. The summed E-state index contributed by atoms with van der Waals surface area (Å²) < 4.78 is 0. The fourth-order valence-electron chi connectivity index (χ4n) is 1.63. The lowest BCUT2D eigenvalue weighted by Gasteiger charge is -2.02. The number of nitrogens with zero attached hydrogens (tertiary/aromatic N) is 5. The van der Waals surface area contributed by atoms with Crippen LogP contribution < -0.4 is 5.73 Å². The summed E-state index contributed by atoms with van der Waals surface area (Å²) in [5, 5.41) is 27.0. The molecule has 0 aromatic heterocycles. The van der Waals surface area contributed by atoms with Crippen molar-refractivity contribution in [2.75, 3.05) is 13.3 Å². The van der Waals surface area contributed by atoms with Gasteiger partial charge in [0.15, 0.2) is 19.1 Å². The lowest BCUT2D eigenvalue weighted by atomic mass is 10.1. The molecule has 2 rings (SSSR count). The number of hydrogen-bond donors (Lipinski definition) is 2. The minimum Gasteiger partial charge on any atom is -0.505 e. The summed E-state index contributed by atoms with van der Waals surface area (Å²) in [7, 11) is 0. The predicted octanol–water partition coefficient (Wildman–Crippen LogP) is 2.98. The highest BCUT2D eigenvalue weighted by molar-refractivity contribution is 5.92. The third-order valence-electron chi connectivity index (χ3n) is 2.53. The molecule has 0 saturated carbocycles. The first-order valence-electron chi connectivity index (χ1n) is 5.94. The van der Waals surface area contributed by atoms with E-state index in [2.05, 4.69) is 25.4 Å². The molecule has 0 saturated heterocycles. The Kier molecular flexibility index (Phi) is 4.71. The normalized spacial score (nSPS) is 12.2. The molecule has 0 aliphatic carbocycles. The summed E-state index contributed by atoms with van der Waals surface area (Å²) in [5.41, 5.74) is 5.45. The number of benzene rings is 2. The van der Waals surface area contributed by atoms with Crippen LogP contribution in [-0.2, 0) is 0 Å². The molecule has 0 aliphatic heterocycles. The molecule has 0 heterocycles. The Labute approximate surface area is 115 Å². The number of phenolic OH excluding ortho intramolecular Hbond substituents is 1. The van der Waals surface area contributed by atoms with Crippen molar-refractivity contribution in [2.24, 2.45) is 31.2 Å². The number of aromatic hydroxyl groups is 1. The summed E-state index contributed by atoms with van der Waals surface area (Å²) in [5.74, 6) is 0.108. The number of azo groups is 2. The van der Waals surface area contributed by atoms with Crippen LogP contribution in [-0.4, -0.2) is 24.8 Å². The van der Waals surface area contributed by atoms with Gasteiger partial charge in [0.25, 0.3) is 0 Å². The molecule has 102 valence electrons. The second-order valence-electron chi connectivity index (χ2n) is 3.79. The fraction of sp³-hybridized carbons (Fsp3) is 0.154. The van der Waals surface area contributed by atoms with Gasteiger partial charge in [0.2, 0.25) is 0 Å². The zero-order valence-electron chi connectivity index (χ0n) is 10.7. The van der Waals surface area contributed by atoms with Crippen molar-refractivity contribution in [3.63, 3.8) is 0 Å². The number of rotatable bonds is 5. The molecule has 0 spiro atoms. The van der Waals surface area contributed by atoms with Crippen LogP contribution >= 0.6 is 0 Å². The van der Waals surface area contributed by atoms with Crippen LogP contribution in [0.15, 0.2) is 61.8 Å². The third-order valence-corrected chi connectivity index (χ3v) is 2.53. The molecule has 7 nitrogen and oxygen atoms in total. The van der Waals surface area contributed by atoms with E-state index in [1.54, 1.807) is 6.07 Å². The Morgan fingerprint density at radius 1 is 1.00 bits per heavy atom. The van der Waals surface area contributed by atoms with Crippen molar-refractivity contribution < 1.29 is 5.11 Å². The Hall–Kier alpha value is -2.83. The van der Waals surface area contributed by atoms with Crippen molar-refractivity contribution in [1.29, 1.82) is 0 Å². The quantitative estimate of drug-likeness (QED) is 0.494. The Morgan fingerprint density at radius 2 is 1.80 bits per heavy atom. The van der Waals surface area contributed by atoms with Gasteiger partial charge in [-0.3, -0.25) is 4.99 Å². The van der Waals surface area contributed by atoms with Crippen LogP contribution in [0.4, 0.5) is 5.69 Å². The molecule has 0 aliphatic rings. The second kappa shape index (κ2) is 6.93. The van der Waals surface area contributed by atoms with E-state index in [9.17, 15) is 5.11 Å². The fourth-order valence-corrected chi connectivity index (χ4v) is 1.63. The summed E-state index contributed by atoms with van der Waals surface area (Å²) in [6.07, 6.45) is 1.16. The van der Waals surface area contributed by atoms with Crippen LogP contribution in [0.3, 0.4) is 0 Å². The van der Waals surface area contributed by atoms with E-state index in [4.69, 9.17) is 5.73 Å². The van der Waals surface area contributed by atoms with Crippen LogP contribution in [0.2, 0.25) is 0 Å². The zero-order chi connectivity index (χ0) is 14.2. The van der Waals surface area contributed by atoms with Crippen LogP contribution in [0.25, 0.3) is 10.8 Å². The van der Waals surface area contributed by atoms with E-state index in [1.807, 2.05) is 30.3 Å². The van der Waals surface area contributed by atoms with Crippen LogP contribution in [0, 0.1) is 0 Å². The SMILES string of the molecule is N/C=N\CN=NC/N=N/c1ccc2ccccc2c1O. The van der Waals surface area contributed by atoms with E-state index < -0.39 is 0 Å². The van der Waals surface area contributed by atoms with E-state index in [-0.39, 0.29) is 19.1 Å². The molecule has 7 heteroatoms. The average molecular weight is 270 g/mol. The van der Waals surface area contributed by atoms with Gasteiger partial charge >= 0.3 is 0 Å². The Bertz CT molecular complexity index is 665. The maximum atomic E-state index is 10.1. The first-order chi connectivity index (χ1) is 9.83.